The van der Waals surface area contributed by atoms with E-state index in [1.807, 2.05) is 20.0 Å². The van der Waals surface area contributed by atoms with Crippen LogP contribution in [-0.2, 0) is 11.2 Å². The average Bonchev–Trinajstić information content (AvgIpc) is 2.70. The van der Waals surface area contributed by atoms with Gasteiger partial charge in [0.25, 0.3) is 0 Å². The first-order chi connectivity index (χ1) is 7.66. The second-order valence-electron chi connectivity index (χ2n) is 4.38. The van der Waals surface area contributed by atoms with Crippen LogP contribution in [0.4, 0.5) is 0 Å². The molecule has 88 valence electrons. The fourth-order valence-corrected chi connectivity index (χ4v) is 2.23. The zero-order valence-electron chi connectivity index (χ0n) is 9.74. The van der Waals surface area contributed by atoms with E-state index >= 15 is 0 Å². The highest BCUT2D eigenvalue weighted by Crippen LogP contribution is 2.22. The molecule has 2 rings (SSSR count). The molecule has 1 fully saturated rings. The summed E-state index contributed by atoms with van der Waals surface area (Å²) in [6, 6.07) is 0. The van der Waals surface area contributed by atoms with Gasteiger partial charge in [0.15, 0.2) is 0 Å². The molecule has 0 spiro atoms. The fraction of sp³-hybridized carbons (Fsp3) is 0.667. The number of rotatable bonds is 3. The van der Waals surface area contributed by atoms with Gasteiger partial charge in [-0.15, -0.1) is 11.6 Å². The summed E-state index contributed by atoms with van der Waals surface area (Å²) in [6.45, 7) is 5.65. The van der Waals surface area contributed by atoms with Crippen LogP contribution in [0.3, 0.4) is 0 Å². The topological polar surface area (TPSA) is 35.0 Å². The van der Waals surface area contributed by atoms with Gasteiger partial charge in [0, 0.05) is 37.1 Å². The first-order valence-corrected chi connectivity index (χ1v) is 6.14. The molecule has 0 aromatic carbocycles. The second kappa shape index (κ2) is 5.11. The SMILES string of the molecule is Cc1nc(CC2CCOC2)ncc1C(C)Cl. The van der Waals surface area contributed by atoms with Crippen molar-refractivity contribution in [2.75, 3.05) is 13.2 Å². The number of ether oxygens (including phenoxy) is 1. The summed E-state index contributed by atoms with van der Waals surface area (Å²) in [4.78, 5) is 8.88. The number of hydrogen-bond acceptors (Lipinski definition) is 3. The van der Waals surface area contributed by atoms with Gasteiger partial charge in [0.05, 0.1) is 5.38 Å². The van der Waals surface area contributed by atoms with Crippen molar-refractivity contribution in [3.8, 4) is 0 Å². The lowest BCUT2D eigenvalue weighted by Gasteiger charge is -2.10. The first kappa shape index (κ1) is 11.8. The smallest absolute Gasteiger partial charge is 0.128 e. The lowest BCUT2D eigenvalue weighted by molar-refractivity contribution is 0.185. The number of aromatic nitrogens is 2. The largest absolute Gasteiger partial charge is 0.381 e. The van der Waals surface area contributed by atoms with E-state index in [0.717, 1.165) is 43.1 Å². The predicted molar refractivity (Wildman–Crippen MR) is 63.7 cm³/mol. The summed E-state index contributed by atoms with van der Waals surface area (Å²) < 4.78 is 5.34. The Balaban J connectivity index is 2.08. The summed E-state index contributed by atoms with van der Waals surface area (Å²) in [7, 11) is 0. The molecule has 0 radical (unpaired) electrons. The molecule has 2 unspecified atom stereocenters. The van der Waals surface area contributed by atoms with E-state index in [1.54, 1.807) is 0 Å². The molecule has 2 heterocycles. The average molecular weight is 241 g/mol. The third kappa shape index (κ3) is 2.71. The van der Waals surface area contributed by atoms with Crippen LogP contribution in [0.5, 0.6) is 0 Å². The van der Waals surface area contributed by atoms with Crippen LogP contribution in [0.1, 0.15) is 35.8 Å². The molecular weight excluding hydrogens is 224 g/mol. The molecule has 0 amide bonds. The summed E-state index contributed by atoms with van der Waals surface area (Å²) in [5, 5.41) is -0.0242. The molecule has 1 aromatic rings. The number of nitrogens with zero attached hydrogens (tertiary/aromatic N) is 2. The van der Waals surface area contributed by atoms with Crippen molar-refractivity contribution in [1.82, 2.24) is 9.97 Å². The van der Waals surface area contributed by atoms with Gasteiger partial charge in [-0.05, 0) is 26.2 Å². The van der Waals surface area contributed by atoms with Gasteiger partial charge < -0.3 is 4.74 Å². The minimum Gasteiger partial charge on any atom is -0.381 e. The highest BCUT2D eigenvalue weighted by molar-refractivity contribution is 6.20. The van der Waals surface area contributed by atoms with Gasteiger partial charge in [0.1, 0.15) is 5.82 Å². The van der Waals surface area contributed by atoms with Crippen molar-refractivity contribution in [3.05, 3.63) is 23.3 Å². The van der Waals surface area contributed by atoms with Gasteiger partial charge in [-0.2, -0.15) is 0 Å². The minimum atomic E-state index is -0.0242. The van der Waals surface area contributed by atoms with Crippen LogP contribution in [0.15, 0.2) is 6.20 Å². The minimum absolute atomic E-state index is 0.0242. The Morgan fingerprint density at radius 3 is 3.00 bits per heavy atom. The number of aryl methyl sites for hydroxylation is 1. The van der Waals surface area contributed by atoms with Crippen molar-refractivity contribution >= 4 is 11.6 Å². The molecule has 0 saturated carbocycles. The van der Waals surface area contributed by atoms with Crippen LogP contribution < -0.4 is 0 Å². The summed E-state index contributed by atoms with van der Waals surface area (Å²) >= 11 is 6.03. The normalized spacial score (nSPS) is 22.3. The molecule has 16 heavy (non-hydrogen) atoms. The third-order valence-electron chi connectivity index (χ3n) is 2.99. The van der Waals surface area contributed by atoms with Gasteiger partial charge in [0.2, 0.25) is 0 Å². The Bertz CT molecular complexity index is 362. The van der Waals surface area contributed by atoms with E-state index in [1.165, 1.54) is 0 Å². The van der Waals surface area contributed by atoms with E-state index in [4.69, 9.17) is 16.3 Å². The molecule has 0 N–H and O–H groups in total. The molecule has 1 aliphatic heterocycles. The van der Waals surface area contributed by atoms with E-state index < -0.39 is 0 Å². The molecule has 0 bridgehead atoms. The molecule has 3 nitrogen and oxygen atoms in total. The molecule has 1 aliphatic rings. The molecule has 4 heteroatoms. The maximum Gasteiger partial charge on any atom is 0.128 e. The second-order valence-corrected chi connectivity index (χ2v) is 5.03. The van der Waals surface area contributed by atoms with Crippen molar-refractivity contribution in [2.24, 2.45) is 5.92 Å². The van der Waals surface area contributed by atoms with Crippen LogP contribution in [0.25, 0.3) is 0 Å². The van der Waals surface area contributed by atoms with E-state index in [9.17, 15) is 0 Å². The van der Waals surface area contributed by atoms with Crippen molar-refractivity contribution in [2.45, 2.75) is 32.1 Å². The molecule has 2 atom stereocenters. The van der Waals surface area contributed by atoms with Crippen LogP contribution in [0, 0.1) is 12.8 Å². The number of alkyl halides is 1. The Labute approximate surface area is 101 Å². The highest BCUT2D eigenvalue weighted by Gasteiger charge is 2.18. The Morgan fingerprint density at radius 2 is 2.44 bits per heavy atom. The van der Waals surface area contributed by atoms with Crippen molar-refractivity contribution < 1.29 is 4.74 Å². The van der Waals surface area contributed by atoms with Crippen LogP contribution in [-0.4, -0.2) is 23.2 Å². The maximum atomic E-state index is 6.03. The quantitative estimate of drug-likeness (QED) is 0.762. The van der Waals surface area contributed by atoms with E-state index in [-0.39, 0.29) is 5.38 Å². The zero-order valence-corrected chi connectivity index (χ0v) is 10.5. The maximum absolute atomic E-state index is 6.03. The molecule has 1 saturated heterocycles. The standard InChI is InChI=1S/C12H17ClN2O/c1-8(13)11-6-14-12(15-9(11)2)5-10-3-4-16-7-10/h6,8,10H,3-5,7H2,1-2H3. The summed E-state index contributed by atoms with van der Waals surface area (Å²) in [5.41, 5.74) is 2.01. The van der Waals surface area contributed by atoms with Crippen LogP contribution >= 0.6 is 11.6 Å². The van der Waals surface area contributed by atoms with E-state index in [2.05, 4.69) is 9.97 Å². The summed E-state index contributed by atoms with van der Waals surface area (Å²) in [5.74, 6) is 1.49. The third-order valence-corrected chi connectivity index (χ3v) is 3.23. The molecular formula is C12H17ClN2O. The predicted octanol–water partition coefficient (Wildman–Crippen LogP) is 2.66. The number of hydrogen-bond donors (Lipinski definition) is 0. The molecule has 0 aliphatic carbocycles. The number of halogens is 1. The van der Waals surface area contributed by atoms with Gasteiger partial charge in [-0.25, -0.2) is 9.97 Å². The Morgan fingerprint density at radius 1 is 1.62 bits per heavy atom. The highest BCUT2D eigenvalue weighted by atomic mass is 35.5. The monoisotopic (exact) mass is 240 g/mol. The Hall–Kier alpha value is -0.670. The van der Waals surface area contributed by atoms with Gasteiger partial charge >= 0.3 is 0 Å². The zero-order chi connectivity index (χ0) is 11.5. The lowest BCUT2D eigenvalue weighted by atomic mass is 10.0. The van der Waals surface area contributed by atoms with Gasteiger partial charge in [-0.1, -0.05) is 0 Å². The van der Waals surface area contributed by atoms with Crippen LogP contribution in [0.2, 0.25) is 0 Å². The van der Waals surface area contributed by atoms with E-state index in [0.29, 0.717) is 5.92 Å². The fourth-order valence-electron chi connectivity index (χ4n) is 2.02. The Kier molecular flexibility index (Phi) is 3.77. The van der Waals surface area contributed by atoms with Crippen molar-refractivity contribution in [1.29, 1.82) is 0 Å². The van der Waals surface area contributed by atoms with Crippen molar-refractivity contribution in [3.63, 3.8) is 0 Å². The summed E-state index contributed by atoms with van der Waals surface area (Å²) in [6.07, 6.45) is 3.89. The van der Waals surface area contributed by atoms with Gasteiger partial charge in [-0.3, -0.25) is 0 Å². The lowest BCUT2D eigenvalue weighted by Crippen LogP contribution is -2.09. The molecule has 1 aromatic heterocycles. The first-order valence-electron chi connectivity index (χ1n) is 5.71.